The summed E-state index contributed by atoms with van der Waals surface area (Å²) in [6.45, 7) is 7.21. The normalized spacial score (nSPS) is 37.0. The number of amides is 2. The van der Waals surface area contributed by atoms with Crippen LogP contribution in [0.2, 0.25) is 0 Å². The van der Waals surface area contributed by atoms with Crippen molar-refractivity contribution in [3.8, 4) is 0 Å². The van der Waals surface area contributed by atoms with Gasteiger partial charge in [-0.3, -0.25) is 4.79 Å². The van der Waals surface area contributed by atoms with Crippen LogP contribution in [-0.4, -0.2) is 55.0 Å². The van der Waals surface area contributed by atoms with Gasteiger partial charge in [-0.1, -0.05) is 0 Å². The van der Waals surface area contributed by atoms with E-state index in [4.69, 9.17) is 14.2 Å². The van der Waals surface area contributed by atoms with E-state index in [2.05, 4.69) is 5.32 Å². The Hall–Kier alpha value is -1.76. The van der Waals surface area contributed by atoms with Gasteiger partial charge in [-0.2, -0.15) is 0 Å². The highest BCUT2D eigenvalue weighted by molar-refractivity contribution is 5.94. The van der Waals surface area contributed by atoms with Gasteiger partial charge in [0.2, 0.25) is 0 Å². The topological polar surface area (TPSA) is 80.4 Å². The van der Waals surface area contributed by atoms with E-state index in [-0.39, 0.29) is 29.4 Å². The van der Waals surface area contributed by atoms with Gasteiger partial charge in [-0.15, -0.1) is 0 Å². The van der Waals surface area contributed by atoms with Crippen molar-refractivity contribution in [2.45, 2.75) is 45.2 Å². The molecule has 0 aromatic carbocycles. The molecule has 1 N–H and O–H groups in total. The second-order valence-electron chi connectivity index (χ2n) is 6.37. The first kappa shape index (κ1) is 16.1. The maximum atomic E-state index is 12.7. The maximum absolute atomic E-state index is 12.7. The fourth-order valence-corrected chi connectivity index (χ4v) is 3.89. The standard InChI is InChI=1S/C16H24N2O5/c1-5-18(6-2)13(19)10-8-21-14(22-15(20)17-4)12-9(10)7-11-16(12,3)23-11/h8-9,11-12,14H,5-7H2,1-4H3,(H,17,20)/t9-,11+,12-,14+,16+/m1/s1. The van der Waals surface area contributed by atoms with Crippen molar-refractivity contribution >= 4 is 12.0 Å². The molecular weight excluding hydrogens is 300 g/mol. The fraction of sp³-hybridized carbons (Fsp3) is 0.750. The van der Waals surface area contributed by atoms with Crippen LogP contribution < -0.4 is 5.32 Å². The average molecular weight is 324 g/mol. The van der Waals surface area contributed by atoms with Crippen molar-refractivity contribution in [3.05, 3.63) is 11.8 Å². The highest BCUT2D eigenvalue weighted by Gasteiger charge is 2.70. The molecule has 1 saturated carbocycles. The molecule has 3 aliphatic rings. The van der Waals surface area contributed by atoms with Crippen LogP contribution in [0.25, 0.3) is 0 Å². The molecule has 1 saturated heterocycles. The van der Waals surface area contributed by atoms with Gasteiger partial charge in [0.15, 0.2) is 0 Å². The molecule has 2 fully saturated rings. The predicted octanol–water partition coefficient (Wildman–Crippen LogP) is 1.24. The maximum Gasteiger partial charge on any atom is 0.409 e. The van der Waals surface area contributed by atoms with E-state index in [9.17, 15) is 9.59 Å². The van der Waals surface area contributed by atoms with Crippen molar-refractivity contribution in [2.24, 2.45) is 11.8 Å². The molecule has 1 aliphatic carbocycles. The number of carbonyl (C=O) groups excluding carboxylic acids is 2. The Morgan fingerprint density at radius 2 is 2.13 bits per heavy atom. The lowest BCUT2D eigenvalue weighted by molar-refractivity contribution is -0.145. The van der Waals surface area contributed by atoms with Crippen LogP contribution in [-0.2, 0) is 19.0 Å². The lowest BCUT2D eigenvalue weighted by Gasteiger charge is -2.37. The Morgan fingerprint density at radius 1 is 1.43 bits per heavy atom. The van der Waals surface area contributed by atoms with Crippen LogP contribution in [0.5, 0.6) is 0 Å². The molecule has 7 heteroatoms. The predicted molar refractivity (Wildman–Crippen MR) is 81.3 cm³/mol. The van der Waals surface area contributed by atoms with E-state index < -0.39 is 12.4 Å². The van der Waals surface area contributed by atoms with Gasteiger partial charge in [0.1, 0.15) is 5.60 Å². The number of hydrogen-bond donors (Lipinski definition) is 1. The molecule has 2 amide bonds. The molecule has 0 bridgehead atoms. The quantitative estimate of drug-likeness (QED) is 0.787. The number of nitrogens with one attached hydrogen (secondary N) is 1. The highest BCUT2D eigenvalue weighted by atomic mass is 16.7. The van der Waals surface area contributed by atoms with Crippen molar-refractivity contribution < 1.29 is 23.8 Å². The van der Waals surface area contributed by atoms with Gasteiger partial charge >= 0.3 is 6.09 Å². The summed E-state index contributed by atoms with van der Waals surface area (Å²) in [7, 11) is 1.50. The molecule has 0 aromatic rings. The fourth-order valence-electron chi connectivity index (χ4n) is 3.89. The molecule has 0 spiro atoms. The number of epoxide rings is 1. The molecule has 0 aromatic heterocycles. The van der Waals surface area contributed by atoms with E-state index in [1.54, 1.807) is 4.90 Å². The number of fused-ring (bicyclic) bond motifs is 3. The number of nitrogens with zero attached hydrogens (tertiary/aromatic N) is 1. The first-order chi connectivity index (χ1) is 11.0. The third kappa shape index (κ3) is 2.47. The number of likely N-dealkylation sites (N-methyl/N-ethyl adjacent to an activating group) is 1. The second kappa shape index (κ2) is 5.70. The number of rotatable bonds is 4. The molecule has 128 valence electrons. The Labute approximate surface area is 135 Å². The van der Waals surface area contributed by atoms with Gasteiger partial charge in [0.05, 0.1) is 23.9 Å². The van der Waals surface area contributed by atoms with Crippen molar-refractivity contribution in [1.82, 2.24) is 10.2 Å². The van der Waals surface area contributed by atoms with Crippen molar-refractivity contribution in [1.29, 1.82) is 0 Å². The van der Waals surface area contributed by atoms with Gasteiger partial charge in [-0.05, 0) is 27.2 Å². The van der Waals surface area contributed by atoms with E-state index in [0.717, 1.165) is 6.42 Å². The summed E-state index contributed by atoms with van der Waals surface area (Å²) >= 11 is 0. The zero-order valence-corrected chi connectivity index (χ0v) is 14.0. The summed E-state index contributed by atoms with van der Waals surface area (Å²) in [6.07, 6.45) is 1.06. The highest BCUT2D eigenvalue weighted by Crippen LogP contribution is 2.61. The second-order valence-corrected chi connectivity index (χ2v) is 6.37. The SMILES string of the molecule is CCN(CC)C(=O)C1=CO[C@@H](OC(=O)NC)[C@H]2[C@@H]1C[C@@H]1O[C@]21C. The molecule has 2 aliphatic heterocycles. The minimum atomic E-state index is -0.731. The minimum Gasteiger partial charge on any atom is -0.461 e. The van der Waals surface area contributed by atoms with E-state index in [1.807, 2.05) is 20.8 Å². The molecule has 0 unspecified atom stereocenters. The monoisotopic (exact) mass is 324 g/mol. The number of alkyl carbamates (subject to hydrolysis) is 1. The lowest BCUT2D eigenvalue weighted by atomic mass is 9.81. The molecule has 23 heavy (non-hydrogen) atoms. The minimum absolute atomic E-state index is 0.00439. The zero-order chi connectivity index (χ0) is 16.8. The van der Waals surface area contributed by atoms with Crippen molar-refractivity contribution in [3.63, 3.8) is 0 Å². The molecule has 0 radical (unpaired) electrons. The van der Waals surface area contributed by atoms with Crippen molar-refractivity contribution in [2.75, 3.05) is 20.1 Å². The van der Waals surface area contributed by atoms with Crippen LogP contribution in [0.1, 0.15) is 27.2 Å². The van der Waals surface area contributed by atoms with Crippen LogP contribution in [0.4, 0.5) is 4.79 Å². The average Bonchev–Trinajstić information content (AvgIpc) is 3.09. The van der Waals surface area contributed by atoms with Gasteiger partial charge < -0.3 is 24.4 Å². The van der Waals surface area contributed by atoms with E-state index >= 15 is 0 Å². The molecule has 7 nitrogen and oxygen atoms in total. The molecule has 5 atom stereocenters. The summed E-state index contributed by atoms with van der Waals surface area (Å²) < 4.78 is 16.7. The third-order valence-electron chi connectivity index (χ3n) is 5.29. The summed E-state index contributed by atoms with van der Waals surface area (Å²) in [5.74, 6) is -0.173. The van der Waals surface area contributed by atoms with Gasteiger partial charge in [-0.25, -0.2) is 4.79 Å². The van der Waals surface area contributed by atoms with Crippen LogP contribution in [0.15, 0.2) is 11.8 Å². The van der Waals surface area contributed by atoms with Gasteiger partial charge in [0.25, 0.3) is 12.2 Å². The number of ether oxygens (including phenoxy) is 3. The summed E-state index contributed by atoms with van der Waals surface area (Å²) in [5.41, 5.74) is 0.277. The number of hydrogen-bond acceptors (Lipinski definition) is 5. The van der Waals surface area contributed by atoms with Crippen LogP contribution in [0.3, 0.4) is 0 Å². The Bertz CT molecular complexity index is 545. The summed E-state index contributed by atoms with van der Waals surface area (Å²) in [6, 6.07) is 0. The Morgan fingerprint density at radius 3 is 2.74 bits per heavy atom. The lowest BCUT2D eigenvalue weighted by Crippen LogP contribution is -2.46. The first-order valence-corrected chi connectivity index (χ1v) is 8.17. The van der Waals surface area contributed by atoms with Gasteiger partial charge in [0, 0.05) is 26.1 Å². The third-order valence-corrected chi connectivity index (χ3v) is 5.29. The Kier molecular flexibility index (Phi) is 4.00. The molecule has 2 heterocycles. The van der Waals surface area contributed by atoms with E-state index in [0.29, 0.717) is 18.7 Å². The first-order valence-electron chi connectivity index (χ1n) is 8.17. The molecule has 3 rings (SSSR count). The summed E-state index contributed by atoms with van der Waals surface area (Å²) in [4.78, 5) is 26.1. The van der Waals surface area contributed by atoms with E-state index in [1.165, 1.54) is 13.3 Å². The van der Waals surface area contributed by atoms with Crippen LogP contribution >= 0.6 is 0 Å². The smallest absolute Gasteiger partial charge is 0.409 e. The largest absolute Gasteiger partial charge is 0.461 e. The Balaban J connectivity index is 1.85. The molecular formula is C16H24N2O5. The summed E-state index contributed by atoms with van der Waals surface area (Å²) in [5, 5.41) is 2.43. The zero-order valence-electron chi connectivity index (χ0n) is 14.0. The number of carbonyl (C=O) groups is 2. The van der Waals surface area contributed by atoms with Crippen LogP contribution in [0, 0.1) is 11.8 Å².